The van der Waals surface area contributed by atoms with Gasteiger partial charge in [-0.1, -0.05) is 30.3 Å². The van der Waals surface area contributed by atoms with Gasteiger partial charge in [0.05, 0.1) is 12.6 Å². The third-order valence-corrected chi connectivity index (χ3v) is 3.71. The van der Waals surface area contributed by atoms with Gasteiger partial charge in [0.1, 0.15) is 0 Å². The van der Waals surface area contributed by atoms with E-state index in [1.54, 1.807) is 0 Å². The number of hydrogen-bond donors (Lipinski definition) is 0. The molecule has 3 heteroatoms. The molecule has 2 rings (SSSR count). The van der Waals surface area contributed by atoms with Crippen molar-refractivity contribution < 1.29 is 0 Å². The Balaban J connectivity index is 1.94. The van der Waals surface area contributed by atoms with Crippen LogP contribution in [0.4, 0.5) is 0 Å². The molecule has 1 saturated heterocycles. The van der Waals surface area contributed by atoms with E-state index in [4.69, 9.17) is 5.26 Å². The average Bonchev–Trinajstić information content (AvgIpc) is 2.56. The second kappa shape index (κ2) is 6.53. The van der Waals surface area contributed by atoms with Gasteiger partial charge in [-0.15, -0.1) is 0 Å². The van der Waals surface area contributed by atoms with Gasteiger partial charge in [-0.05, 0) is 18.9 Å². The van der Waals surface area contributed by atoms with Crippen molar-refractivity contribution in [2.24, 2.45) is 0 Å². The number of hydrogen-bond acceptors (Lipinski definition) is 3. The van der Waals surface area contributed by atoms with Gasteiger partial charge in [-0.3, -0.25) is 9.80 Å². The highest BCUT2D eigenvalue weighted by molar-refractivity contribution is 5.14. The molecule has 1 aromatic rings. The van der Waals surface area contributed by atoms with Gasteiger partial charge < -0.3 is 0 Å². The predicted octanol–water partition coefficient (Wildman–Crippen LogP) is 2.11. The van der Waals surface area contributed by atoms with Crippen molar-refractivity contribution in [2.75, 3.05) is 26.2 Å². The first-order valence-electron chi connectivity index (χ1n) is 6.67. The first-order chi connectivity index (χ1) is 8.79. The Kier molecular flexibility index (Phi) is 4.74. The summed E-state index contributed by atoms with van der Waals surface area (Å²) >= 11 is 0. The fourth-order valence-electron chi connectivity index (χ4n) is 2.46. The van der Waals surface area contributed by atoms with Crippen LogP contribution < -0.4 is 0 Å². The lowest BCUT2D eigenvalue weighted by molar-refractivity contribution is 0.207. The summed E-state index contributed by atoms with van der Waals surface area (Å²) in [5.41, 5.74) is 1.37. The number of benzene rings is 1. The van der Waals surface area contributed by atoms with Crippen molar-refractivity contribution >= 4 is 0 Å². The first kappa shape index (κ1) is 13.1. The molecule has 1 heterocycles. The zero-order valence-electron chi connectivity index (χ0n) is 11.0. The molecule has 1 fully saturated rings. The Labute approximate surface area is 110 Å². The molecule has 1 atom stereocenters. The van der Waals surface area contributed by atoms with E-state index in [9.17, 15) is 0 Å². The van der Waals surface area contributed by atoms with Gasteiger partial charge in [0.2, 0.25) is 0 Å². The van der Waals surface area contributed by atoms with Crippen LogP contribution >= 0.6 is 0 Å². The van der Waals surface area contributed by atoms with E-state index in [0.717, 1.165) is 32.6 Å². The van der Waals surface area contributed by atoms with Gasteiger partial charge in [0, 0.05) is 32.2 Å². The zero-order chi connectivity index (χ0) is 12.8. The topological polar surface area (TPSA) is 30.3 Å². The van der Waals surface area contributed by atoms with E-state index in [1.165, 1.54) is 5.56 Å². The van der Waals surface area contributed by atoms with Crippen molar-refractivity contribution in [3.63, 3.8) is 0 Å². The minimum Gasteiger partial charge on any atom is -0.295 e. The highest BCUT2D eigenvalue weighted by Crippen LogP contribution is 2.14. The molecule has 0 aliphatic carbocycles. The van der Waals surface area contributed by atoms with Crippen molar-refractivity contribution in [1.82, 2.24) is 9.80 Å². The van der Waals surface area contributed by atoms with Gasteiger partial charge >= 0.3 is 0 Å². The largest absolute Gasteiger partial charge is 0.295 e. The maximum absolute atomic E-state index is 8.77. The maximum Gasteiger partial charge on any atom is 0.0866 e. The van der Waals surface area contributed by atoms with Crippen molar-refractivity contribution in [3.05, 3.63) is 35.9 Å². The zero-order valence-corrected chi connectivity index (χ0v) is 11.0. The fourth-order valence-corrected chi connectivity index (χ4v) is 2.46. The summed E-state index contributed by atoms with van der Waals surface area (Å²) in [4.78, 5) is 4.77. The molecule has 0 spiro atoms. The molecule has 1 unspecified atom stereocenters. The molecule has 1 aliphatic rings. The number of nitriles is 1. The van der Waals surface area contributed by atoms with E-state index in [0.29, 0.717) is 12.6 Å². The third kappa shape index (κ3) is 3.56. The lowest BCUT2D eigenvalue weighted by Crippen LogP contribution is -2.34. The van der Waals surface area contributed by atoms with E-state index < -0.39 is 0 Å². The molecule has 96 valence electrons. The monoisotopic (exact) mass is 243 g/mol. The summed E-state index contributed by atoms with van der Waals surface area (Å²) in [5.74, 6) is 0. The van der Waals surface area contributed by atoms with Crippen LogP contribution in [0.2, 0.25) is 0 Å². The number of rotatable bonds is 3. The van der Waals surface area contributed by atoms with Crippen molar-refractivity contribution in [1.29, 1.82) is 5.26 Å². The van der Waals surface area contributed by atoms with Crippen LogP contribution in [0.15, 0.2) is 30.3 Å². The Morgan fingerprint density at radius 1 is 1.22 bits per heavy atom. The Morgan fingerprint density at radius 2 is 2.00 bits per heavy atom. The van der Waals surface area contributed by atoms with Crippen molar-refractivity contribution in [3.8, 4) is 6.07 Å². The summed E-state index contributed by atoms with van der Waals surface area (Å²) in [6.07, 6.45) is 1.15. The van der Waals surface area contributed by atoms with Crippen molar-refractivity contribution in [2.45, 2.75) is 25.9 Å². The van der Waals surface area contributed by atoms with Crippen LogP contribution in [0.25, 0.3) is 0 Å². The van der Waals surface area contributed by atoms with Crippen LogP contribution in [0, 0.1) is 11.3 Å². The molecule has 1 aromatic carbocycles. The lowest BCUT2D eigenvalue weighted by atomic mass is 10.1. The first-order valence-corrected chi connectivity index (χ1v) is 6.67. The fraction of sp³-hybridized carbons (Fsp3) is 0.533. The minimum absolute atomic E-state index is 0.561. The SMILES string of the molecule is CC1CCN(CC#N)CCN1Cc1ccccc1. The summed E-state index contributed by atoms with van der Waals surface area (Å²) in [6.45, 7) is 6.97. The molecule has 0 N–H and O–H groups in total. The average molecular weight is 243 g/mol. The number of nitrogens with zero attached hydrogens (tertiary/aromatic N) is 3. The summed E-state index contributed by atoms with van der Waals surface area (Å²) in [6, 6.07) is 13.5. The molecule has 0 saturated carbocycles. The standard InChI is InChI=1S/C15H21N3/c1-14-7-9-17(10-8-16)11-12-18(14)13-15-5-3-2-4-6-15/h2-6,14H,7,9-13H2,1H3. The molecule has 3 nitrogen and oxygen atoms in total. The summed E-state index contributed by atoms with van der Waals surface area (Å²) < 4.78 is 0. The summed E-state index contributed by atoms with van der Waals surface area (Å²) in [7, 11) is 0. The van der Waals surface area contributed by atoms with E-state index in [1.807, 2.05) is 0 Å². The Morgan fingerprint density at radius 3 is 2.72 bits per heavy atom. The molecule has 0 bridgehead atoms. The van der Waals surface area contributed by atoms with Crippen LogP contribution in [0.5, 0.6) is 0 Å². The van der Waals surface area contributed by atoms with Gasteiger partial charge in [-0.25, -0.2) is 0 Å². The normalized spacial score (nSPS) is 22.3. The lowest BCUT2D eigenvalue weighted by Gasteiger charge is -2.26. The predicted molar refractivity (Wildman–Crippen MR) is 73.0 cm³/mol. The van der Waals surface area contributed by atoms with Crippen LogP contribution in [-0.2, 0) is 6.54 Å². The van der Waals surface area contributed by atoms with Crippen LogP contribution in [0.3, 0.4) is 0 Å². The highest BCUT2D eigenvalue weighted by atomic mass is 15.2. The molecule has 18 heavy (non-hydrogen) atoms. The molecule has 0 amide bonds. The van der Waals surface area contributed by atoms with E-state index in [2.05, 4.69) is 53.1 Å². The highest BCUT2D eigenvalue weighted by Gasteiger charge is 2.20. The molecule has 0 aromatic heterocycles. The molecule has 0 radical (unpaired) electrons. The minimum atomic E-state index is 0.561. The van der Waals surface area contributed by atoms with Crippen LogP contribution in [0.1, 0.15) is 18.9 Å². The van der Waals surface area contributed by atoms with E-state index >= 15 is 0 Å². The molecular weight excluding hydrogens is 222 g/mol. The van der Waals surface area contributed by atoms with Gasteiger partial charge in [0.25, 0.3) is 0 Å². The third-order valence-electron chi connectivity index (χ3n) is 3.71. The van der Waals surface area contributed by atoms with Crippen LogP contribution in [-0.4, -0.2) is 42.0 Å². The second-order valence-electron chi connectivity index (χ2n) is 5.03. The quantitative estimate of drug-likeness (QED) is 0.762. The second-order valence-corrected chi connectivity index (χ2v) is 5.03. The molecular formula is C15H21N3. The Hall–Kier alpha value is -1.37. The Bertz CT molecular complexity index is 396. The van der Waals surface area contributed by atoms with Gasteiger partial charge in [-0.2, -0.15) is 5.26 Å². The summed E-state index contributed by atoms with van der Waals surface area (Å²) in [5, 5.41) is 8.77. The maximum atomic E-state index is 8.77. The van der Waals surface area contributed by atoms with Gasteiger partial charge in [0.15, 0.2) is 0 Å². The molecule has 1 aliphatic heterocycles. The van der Waals surface area contributed by atoms with E-state index in [-0.39, 0.29) is 0 Å². The smallest absolute Gasteiger partial charge is 0.0866 e.